The highest BCUT2D eigenvalue weighted by atomic mass is 79.9. The highest BCUT2D eigenvalue weighted by Crippen LogP contribution is 2.27. The highest BCUT2D eigenvalue weighted by Gasteiger charge is 2.39. The molecule has 162 valence electrons. The van der Waals surface area contributed by atoms with Gasteiger partial charge in [0, 0.05) is 17.6 Å². The zero-order chi connectivity index (χ0) is 22.2. The fraction of sp³-hybridized carbons (Fsp3) is 0.273. The molecule has 0 aliphatic carbocycles. The van der Waals surface area contributed by atoms with Crippen molar-refractivity contribution in [3.63, 3.8) is 0 Å². The lowest BCUT2D eigenvalue weighted by Crippen LogP contribution is -2.40. The molecule has 0 radical (unpaired) electrons. The lowest BCUT2D eigenvalue weighted by molar-refractivity contribution is -0.121. The molecular weight excluding hydrogens is 498 g/mol. The van der Waals surface area contributed by atoms with E-state index < -0.39 is 22.0 Å². The van der Waals surface area contributed by atoms with Crippen LogP contribution in [0, 0.1) is 6.92 Å². The smallest absolute Gasteiger partial charge is 0.266 e. The predicted octanol–water partition coefficient (Wildman–Crippen LogP) is 4.24. The molecule has 0 bridgehead atoms. The summed E-state index contributed by atoms with van der Waals surface area (Å²) in [5, 5.41) is 0. The molecule has 4 rings (SSSR count). The number of benzene rings is 2. The topological polar surface area (TPSA) is 71.7 Å². The van der Waals surface area contributed by atoms with Crippen molar-refractivity contribution >= 4 is 53.4 Å². The summed E-state index contributed by atoms with van der Waals surface area (Å²) >= 11 is 4.87. The molecule has 1 aliphatic heterocycles. The van der Waals surface area contributed by atoms with E-state index in [2.05, 4.69) is 27.5 Å². The Bertz CT molecular complexity index is 1320. The van der Waals surface area contributed by atoms with Gasteiger partial charge in [-0.05, 0) is 50.1 Å². The van der Waals surface area contributed by atoms with Crippen molar-refractivity contribution in [2.75, 3.05) is 6.54 Å². The zero-order valence-corrected chi connectivity index (χ0v) is 20.2. The molecule has 1 fully saturated rings. The fourth-order valence-electron chi connectivity index (χ4n) is 3.73. The first-order chi connectivity index (χ1) is 14.8. The second-order valence-electron chi connectivity index (χ2n) is 7.43. The largest absolute Gasteiger partial charge is 0.313 e. The Morgan fingerprint density at radius 2 is 2.03 bits per heavy atom. The second-order valence-corrected chi connectivity index (χ2v) is 11.2. The van der Waals surface area contributed by atoms with Crippen LogP contribution >= 0.6 is 27.3 Å². The monoisotopic (exact) mass is 519 g/mol. The van der Waals surface area contributed by atoms with Crippen LogP contribution in [0.4, 0.5) is 0 Å². The molecule has 1 amide bonds. The molecule has 1 aromatic heterocycles. The summed E-state index contributed by atoms with van der Waals surface area (Å²) in [4.78, 5) is 18.3. The van der Waals surface area contributed by atoms with Gasteiger partial charge in [0.25, 0.3) is 5.91 Å². The Morgan fingerprint density at radius 3 is 2.74 bits per heavy atom. The number of carbonyl (C=O) groups is 1. The number of carbonyl (C=O) groups excluding carboxylic acids is 1. The number of aryl methyl sites for hydroxylation is 1. The van der Waals surface area contributed by atoms with Gasteiger partial charge in [-0.3, -0.25) is 4.79 Å². The maximum atomic E-state index is 13.2. The molecule has 3 aromatic rings. The normalized spacial score (nSPS) is 18.0. The Morgan fingerprint density at radius 1 is 1.29 bits per heavy atom. The second kappa shape index (κ2) is 8.82. The van der Waals surface area contributed by atoms with Gasteiger partial charge in [0.15, 0.2) is 4.80 Å². The minimum atomic E-state index is -3.77. The molecule has 1 atom stereocenters. The van der Waals surface area contributed by atoms with Crippen molar-refractivity contribution in [1.82, 2.24) is 8.87 Å². The summed E-state index contributed by atoms with van der Waals surface area (Å²) in [5.74, 6) is -0.434. The quantitative estimate of drug-likeness (QED) is 0.473. The van der Waals surface area contributed by atoms with Crippen LogP contribution in [0.15, 0.2) is 69.5 Å². The number of thiazole rings is 1. The lowest BCUT2D eigenvalue weighted by atomic mass is 10.2. The Labute approximate surface area is 193 Å². The summed E-state index contributed by atoms with van der Waals surface area (Å²) in [6, 6.07) is 11.8. The van der Waals surface area contributed by atoms with Gasteiger partial charge in [-0.1, -0.05) is 51.0 Å². The minimum Gasteiger partial charge on any atom is -0.313 e. The van der Waals surface area contributed by atoms with Crippen molar-refractivity contribution in [2.45, 2.75) is 37.2 Å². The summed E-state index contributed by atoms with van der Waals surface area (Å²) in [7, 11) is -3.77. The molecule has 6 nitrogen and oxygen atoms in total. The third-order valence-corrected chi connectivity index (χ3v) is 8.74. The number of aromatic nitrogens is 1. The number of hydrogen-bond acceptors (Lipinski definition) is 4. The van der Waals surface area contributed by atoms with E-state index >= 15 is 0 Å². The third kappa shape index (κ3) is 4.32. The molecule has 2 heterocycles. The summed E-state index contributed by atoms with van der Waals surface area (Å²) in [5.41, 5.74) is 1.93. The molecular formula is C22H22BrN3O3S2. The molecule has 1 saturated heterocycles. The number of rotatable bonds is 5. The van der Waals surface area contributed by atoms with Crippen LogP contribution in [0.2, 0.25) is 0 Å². The van der Waals surface area contributed by atoms with Gasteiger partial charge in [-0.25, -0.2) is 8.42 Å². The maximum absolute atomic E-state index is 13.2. The lowest BCUT2D eigenvalue weighted by Gasteiger charge is -2.21. The standard InChI is InChI=1S/C22H22BrN3O3S2/c1-3-12-25-18-11-8-16(23)14-20(18)30-22(25)24-21(27)19-5-4-13-26(19)31(28,29)17-9-6-15(2)7-10-17/h3,6-11,14,19H,1,4-5,12-13H2,2H3. The van der Waals surface area contributed by atoms with E-state index in [0.717, 1.165) is 20.3 Å². The molecule has 0 spiro atoms. The Balaban J connectivity index is 1.72. The SMILES string of the molecule is C=CCn1c(=NC(=O)C2CCCN2S(=O)(=O)c2ccc(C)cc2)sc2cc(Br)ccc21. The number of amides is 1. The highest BCUT2D eigenvalue weighted by molar-refractivity contribution is 9.10. The van der Waals surface area contributed by atoms with Crippen molar-refractivity contribution in [2.24, 2.45) is 4.99 Å². The molecule has 2 aromatic carbocycles. The van der Waals surface area contributed by atoms with Gasteiger partial charge < -0.3 is 4.57 Å². The Kier molecular flexibility index (Phi) is 6.30. The molecule has 9 heteroatoms. The van der Waals surface area contributed by atoms with Gasteiger partial charge in [-0.15, -0.1) is 6.58 Å². The van der Waals surface area contributed by atoms with E-state index in [0.29, 0.717) is 30.7 Å². The van der Waals surface area contributed by atoms with E-state index in [1.54, 1.807) is 30.3 Å². The van der Waals surface area contributed by atoms with E-state index in [1.807, 2.05) is 29.7 Å². The van der Waals surface area contributed by atoms with Crippen LogP contribution in [0.25, 0.3) is 10.2 Å². The number of fused-ring (bicyclic) bond motifs is 1. The summed E-state index contributed by atoms with van der Waals surface area (Å²) in [6.07, 6.45) is 2.84. The van der Waals surface area contributed by atoms with Crippen LogP contribution in [0.5, 0.6) is 0 Å². The van der Waals surface area contributed by atoms with Gasteiger partial charge in [0.1, 0.15) is 6.04 Å². The fourth-order valence-corrected chi connectivity index (χ4v) is 6.97. The van der Waals surface area contributed by atoms with E-state index in [9.17, 15) is 13.2 Å². The number of nitrogens with zero attached hydrogens (tertiary/aromatic N) is 3. The van der Waals surface area contributed by atoms with Crippen LogP contribution in [0.3, 0.4) is 0 Å². The summed E-state index contributed by atoms with van der Waals surface area (Å²) < 4.78 is 31.5. The number of allylic oxidation sites excluding steroid dienone is 1. The van der Waals surface area contributed by atoms with Gasteiger partial charge in [0.2, 0.25) is 10.0 Å². The van der Waals surface area contributed by atoms with E-state index in [1.165, 1.54) is 15.6 Å². The van der Waals surface area contributed by atoms with Crippen LogP contribution < -0.4 is 4.80 Å². The molecule has 1 unspecified atom stereocenters. The summed E-state index contributed by atoms with van der Waals surface area (Å²) in [6.45, 7) is 6.52. The first-order valence-electron chi connectivity index (χ1n) is 9.88. The van der Waals surface area contributed by atoms with Crippen molar-refractivity contribution in [3.05, 3.63) is 70.0 Å². The van der Waals surface area contributed by atoms with Crippen LogP contribution in [0.1, 0.15) is 18.4 Å². The number of halogens is 1. The first-order valence-corrected chi connectivity index (χ1v) is 12.9. The molecule has 1 aliphatic rings. The van der Waals surface area contributed by atoms with Crippen molar-refractivity contribution < 1.29 is 13.2 Å². The molecule has 0 N–H and O–H groups in total. The molecule has 31 heavy (non-hydrogen) atoms. The van der Waals surface area contributed by atoms with Gasteiger partial charge in [-0.2, -0.15) is 9.30 Å². The third-order valence-electron chi connectivity index (χ3n) is 5.28. The van der Waals surface area contributed by atoms with Crippen LogP contribution in [-0.4, -0.2) is 35.8 Å². The van der Waals surface area contributed by atoms with E-state index in [-0.39, 0.29) is 4.90 Å². The van der Waals surface area contributed by atoms with Crippen molar-refractivity contribution in [1.29, 1.82) is 0 Å². The predicted molar refractivity (Wildman–Crippen MR) is 126 cm³/mol. The molecule has 0 saturated carbocycles. The zero-order valence-electron chi connectivity index (χ0n) is 17.0. The number of hydrogen-bond donors (Lipinski definition) is 0. The van der Waals surface area contributed by atoms with Crippen LogP contribution in [-0.2, 0) is 21.4 Å². The van der Waals surface area contributed by atoms with E-state index in [4.69, 9.17) is 0 Å². The number of sulfonamides is 1. The average molecular weight is 520 g/mol. The van der Waals surface area contributed by atoms with Gasteiger partial charge >= 0.3 is 0 Å². The maximum Gasteiger partial charge on any atom is 0.266 e. The van der Waals surface area contributed by atoms with Crippen molar-refractivity contribution in [3.8, 4) is 0 Å². The first kappa shape index (κ1) is 22.1. The minimum absolute atomic E-state index is 0.200. The average Bonchev–Trinajstić information content (AvgIpc) is 3.34. The van der Waals surface area contributed by atoms with Gasteiger partial charge in [0.05, 0.1) is 15.1 Å². The Hall–Kier alpha value is -2.07.